The minimum Gasteiger partial charge on any atom is -0.377 e. The van der Waals surface area contributed by atoms with E-state index < -0.39 is 53.5 Å². The van der Waals surface area contributed by atoms with E-state index in [2.05, 4.69) is 10.2 Å². The SMILES string of the molecule is N[C@@H](CC(=O)N1[C@@H]2COC[C@@H]1c1nnc(C(F)(F)F)n1C2)Cc1cc(F)c(F)cc1F. The van der Waals surface area contributed by atoms with Crippen molar-refractivity contribution in [2.45, 2.75) is 43.7 Å². The van der Waals surface area contributed by atoms with Gasteiger partial charge in [0.2, 0.25) is 11.7 Å². The lowest BCUT2D eigenvalue weighted by Gasteiger charge is -2.45. The average Bonchev–Trinajstić information content (AvgIpc) is 3.09. The zero-order chi connectivity index (χ0) is 22.5. The predicted octanol–water partition coefficient (Wildman–Crippen LogP) is 1.96. The molecule has 1 aromatic carbocycles. The number of ether oxygens (including phenoxy) is 1. The van der Waals surface area contributed by atoms with Crippen LogP contribution < -0.4 is 5.73 Å². The molecule has 0 saturated carbocycles. The number of carbonyl (C=O) groups is 1. The summed E-state index contributed by atoms with van der Waals surface area (Å²) in [6.07, 6.45) is -5.21. The summed E-state index contributed by atoms with van der Waals surface area (Å²) < 4.78 is 86.2. The lowest BCUT2D eigenvalue weighted by molar-refractivity contribution is -0.156. The fourth-order valence-corrected chi connectivity index (χ4v) is 4.01. The summed E-state index contributed by atoms with van der Waals surface area (Å²) >= 11 is 0. The summed E-state index contributed by atoms with van der Waals surface area (Å²) in [5.74, 6) is -5.24. The van der Waals surface area contributed by atoms with Crippen molar-refractivity contribution >= 4 is 5.91 Å². The van der Waals surface area contributed by atoms with E-state index in [9.17, 15) is 31.1 Å². The first-order valence-electron chi connectivity index (χ1n) is 9.34. The van der Waals surface area contributed by atoms with Crippen LogP contribution in [0.5, 0.6) is 0 Å². The Labute approximate surface area is 171 Å². The number of alkyl halides is 3. The van der Waals surface area contributed by atoms with Crippen LogP contribution in [0.1, 0.15) is 29.7 Å². The Kier molecular flexibility index (Phi) is 5.41. The maximum Gasteiger partial charge on any atom is 0.451 e. The first kappa shape index (κ1) is 21.6. The molecule has 168 valence electrons. The Morgan fingerprint density at radius 3 is 2.58 bits per heavy atom. The zero-order valence-corrected chi connectivity index (χ0v) is 15.9. The van der Waals surface area contributed by atoms with Gasteiger partial charge in [-0.1, -0.05) is 0 Å². The Hall–Kier alpha value is -2.67. The largest absolute Gasteiger partial charge is 0.451 e. The smallest absolute Gasteiger partial charge is 0.377 e. The number of morpholine rings is 1. The van der Waals surface area contributed by atoms with Gasteiger partial charge in [0.1, 0.15) is 11.9 Å². The van der Waals surface area contributed by atoms with Crippen molar-refractivity contribution in [3.05, 3.63) is 46.8 Å². The Morgan fingerprint density at radius 1 is 1.16 bits per heavy atom. The van der Waals surface area contributed by atoms with Gasteiger partial charge in [-0.15, -0.1) is 10.2 Å². The van der Waals surface area contributed by atoms with Gasteiger partial charge in [0.05, 0.1) is 19.3 Å². The van der Waals surface area contributed by atoms with E-state index in [4.69, 9.17) is 10.5 Å². The van der Waals surface area contributed by atoms with Crippen LogP contribution in [-0.2, 0) is 28.7 Å². The van der Waals surface area contributed by atoms with Crippen molar-refractivity contribution in [1.82, 2.24) is 19.7 Å². The van der Waals surface area contributed by atoms with Crippen LogP contribution in [0.3, 0.4) is 0 Å². The molecule has 2 N–H and O–H groups in total. The van der Waals surface area contributed by atoms with Gasteiger partial charge in [-0.2, -0.15) is 13.2 Å². The number of halogens is 6. The van der Waals surface area contributed by atoms with E-state index in [1.807, 2.05) is 0 Å². The highest BCUT2D eigenvalue weighted by Gasteiger charge is 2.47. The lowest BCUT2D eigenvalue weighted by Crippen LogP contribution is -2.57. The number of nitrogens with two attached hydrogens (primary N) is 1. The molecule has 1 saturated heterocycles. The minimum atomic E-state index is -4.69. The summed E-state index contributed by atoms with van der Waals surface area (Å²) in [7, 11) is 0. The molecule has 2 aliphatic rings. The molecule has 13 heteroatoms. The summed E-state index contributed by atoms with van der Waals surface area (Å²) in [5, 5.41) is 6.84. The lowest BCUT2D eigenvalue weighted by atomic mass is 9.99. The fraction of sp³-hybridized carbons (Fsp3) is 0.500. The molecular weight excluding hydrogens is 432 g/mol. The number of rotatable bonds is 4. The maximum absolute atomic E-state index is 13.9. The summed E-state index contributed by atoms with van der Waals surface area (Å²) in [6, 6.07) is -1.42. The van der Waals surface area contributed by atoms with Gasteiger partial charge in [-0.05, 0) is 18.1 Å². The van der Waals surface area contributed by atoms with Crippen molar-refractivity contribution in [2.75, 3.05) is 13.2 Å². The van der Waals surface area contributed by atoms with E-state index in [-0.39, 0.29) is 44.0 Å². The molecule has 31 heavy (non-hydrogen) atoms. The van der Waals surface area contributed by atoms with Gasteiger partial charge < -0.3 is 19.9 Å². The minimum absolute atomic E-state index is 0.0181. The van der Waals surface area contributed by atoms with E-state index in [0.29, 0.717) is 12.1 Å². The van der Waals surface area contributed by atoms with Crippen molar-refractivity contribution in [3.63, 3.8) is 0 Å². The fourth-order valence-electron chi connectivity index (χ4n) is 4.01. The quantitative estimate of drug-likeness (QED) is 0.570. The molecule has 7 nitrogen and oxygen atoms in total. The van der Waals surface area contributed by atoms with E-state index in [1.165, 1.54) is 4.90 Å². The van der Waals surface area contributed by atoms with Crippen molar-refractivity contribution in [2.24, 2.45) is 5.73 Å². The molecule has 2 aliphatic heterocycles. The van der Waals surface area contributed by atoms with Gasteiger partial charge in [-0.3, -0.25) is 4.79 Å². The van der Waals surface area contributed by atoms with Crippen LogP contribution in [0.2, 0.25) is 0 Å². The highest BCUT2D eigenvalue weighted by molar-refractivity contribution is 5.78. The van der Waals surface area contributed by atoms with Crippen molar-refractivity contribution in [3.8, 4) is 0 Å². The molecule has 0 unspecified atom stereocenters. The van der Waals surface area contributed by atoms with E-state index in [0.717, 1.165) is 4.57 Å². The average molecular weight is 449 g/mol. The third-order valence-corrected chi connectivity index (χ3v) is 5.34. The molecule has 1 aromatic heterocycles. The standard InChI is InChI=1S/C18H17F6N5O2/c19-11-4-13(21)12(20)2-8(11)1-9(25)3-15(30)29-10-5-28-16(14(29)7-31-6-10)26-27-17(28)18(22,23)24/h2,4,9-10,14H,1,3,5-7,25H2/t9-,10+,14-/m1/s1. The Balaban J connectivity index is 1.51. The second-order valence-electron chi connectivity index (χ2n) is 7.52. The van der Waals surface area contributed by atoms with Crippen LogP contribution in [-0.4, -0.2) is 50.9 Å². The molecule has 0 radical (unpaired) electrons. The van der Waals surface area contributed by atoms with Crippen molar-refractivity contribution < 1.29 is 35.9 Å². The van der Waals surface area contributed by atoms with Gasteiger partial charge in [0.25, 0.3) is 0 Å². The number of amides is 1. The number of hydrogen-bond acceptors (Lipinski definition) is 5. The monoisotopic (exact) mass is 449 g/mol. The summed E-state index contributed by atoms with van der Waals surface area (Å²) in [4.78, 5) is 14.3. The highest BCUT2D eigenvalue weighted by atomic mass is 19.4. The van der Waals surface area contributed by atoms with Crippen LogP contribution in [0.15, 0.2) is 12.1 Å². The highest BCUT2D eigenvalue weighted by Crippen LogP contribution is 2.37. The number of hydrogen-bond donors (Lipinski definition) is 1. The third-order valence-electron chi connectivity index (χ3n) is 5.34. The molecular formula is C18H17F6N5O2. The molecule has 3 heterocycles. The molecule has 0 aliphatic carbocycles. The van der Waals surface area contributed by atoms with Gasteiger partial charge in [0.15, 0.2) is 17.5 Å². The summed E-state index contributed by atoms with van der Waals surface area (Å²) in [5.41, 5.74) is 5.75. The van der Waals surface area contributed by atoms with Gasteiger partial charge in [0, 0.05) is 25.1 Å². The second kappa shape index (κ2) is 7.79. The maximum atomic E-state index is 13.9. The molecule has 1 amide bonds. The molecule has 4 rings (SSSR count). The Morgan fingerprint density at radius 2 is 1.87 bits per heavy atom. The predicted molar refractivity (Wildman–Crippen MR) is 91.8 cm³/mol. The Bertz CT molecular complexity index is 1010. The first-order chi connectivity index (χ1) is 14.6. The van der Waals surface area contributed by atoms with Crippen LogP contribution in [0.25, 0.3) is 0 Å². The molecule has 2 bridgehead atoms. The van der Waals surface area contributed by atoms with Crippen LogP contribution in [0, 0.1) is 17.5 Å². The topological polar surface area (TPSA) is 86.3 Å². The molecule has 1 fully saturated rings. The summed E-state index contributed by atoms with van der Waals surface area (Å²) in [6.45, 7) is -0.248. The number of carbonyl (C=O) groups excluding carboxylic acids is 1. The number of aromatic nitrogens is 3. The van der Waals surface area contributed by atoms with Gasteiger partial charge in [-0.25, -0.2) is 13.2 Å². The number of benzene rings is 1. The van der Waals surface area contributed by atoms with Crippen molar-refractivity contribution in [1.29, 1.82) is 0 Å². The second-order valence-corrected chi connectivity index (χ2v) is 7.52. The normalized spacial score (nSPS) is 21.7. The van der Waals surface area contributed by atoms with E-state index in [1.54, 1.807) is 0 Å². The zero-order valence-electron chi connectivity index (χ0n) is 15.9. The number of fused-ring (bicyclic) bond motifs is 4. The molecule has 0 spiro atoms. The van der Waals surface area contributed by atoms with E-state index >= 15 is 0 Å². The van der Waals surface area contributed by atoms with Crippen LogP contribution in [0.4, 0.5) is 26.3 Å². The molecule has 3 atom stereocenters. The van der Waals surface area contributed by atoms with Gasteiger partial charge >= 0.3 is 6.18 Å². The van der Waals surface area contributed by atoms with Crippen LogP contribution >= 0.6 is 0 Å². The first-order valence-corrected chi connectivity index (χ1v) is 9.34. The molecule has 2 aromatic rings. The third kappa shape index (κ3) is 3.99. The number of nitrogens with zero attached hydrogens (tertiary/aromatic N) is 4.